The second-order valence-electron chi connectivity index (χ2n) is 8.17. The molecular formula is C23H27N3O6S. The Bertz CT molecular complexity index is 1200. The zero-order chi connectivity index (χ0) is 23.8. The van der Waals surface area contributed by atoms with Crippen LogP contribution in [-0.4, -0.2) is 50.3 Å². The molecule has 0 aliphatic carbocycles. The number of benzene rings is 2. The van der Waals surface area contributed by atoms with Crippen molar-refractivity contribution in [3.05, 3.63) is 47.5 Å². The van der Waals surface area contributed by atoms with E-state index in [2.05, 4.69) is 10.6 Å². The summed E-state index contributed by atoms with van der Waals surface area (Å²) in [5, 5.41) is 5.57. The van der Waals surface area contributed by atoms with Gasteiger partial charge in [0.05, 0.1) is 17.7 Å². The quantitative estimate of drug-likeness (QED) is 0.665. The molecule has 0 spiro atoms. The van der Waals surface area contributed by atoms with Crippen LogP contribution in [0.3, 0.4) is 0 Å². The largest absolute Gasteiger partial charge is 0.496 e. The number of aryl methyl sites for hydroxylation is 1. The van der Waals surface area contributed by atoms with E-state index in [0.29, 0.717) is 35.6 Å². The van der Waals surface area contributed by atoms with E-state index in [9.17, 15) is 18.0 Å². The van der Waals surface area contributed by atoms with Gasteiger partial charge in [0.1, 0.15) is 17.5 Å². The minimum Gasteiger partial charge on any atom is -0.496 e. The van der Waals surface area contributed by atoms with Gasteiger partial charge in [0.25, 0.3) is 5.91 Å². The standard InChI is InChI=1S/C23H27N3O6S/c1-14-11-17-20(32-15(2)22(27)25-17)12-21(14)33(29,30)26-10-6-8-18(26)23(28)24-13-16-7-4-5-9-19(16)31-3/h4-5,7,9,11-12,15,18H,6,8,10,13H2,1-3H3,(H,24,28)(H,25,27)/t15-,18+/m0/s1. The molecule has 1 saturated heterocycles. The van der Waals surface area contributed by atoms with Crippen LogP contribution in [0, 0.1) is 6.92 Å². The summed E-state index contributed by atoms with van der Waals surface area (Å²) in [6, 6.07) is 9.54. The average Bonchev–Trinajstić information content (AvgIpc) is 3.29. The number of fused-ring (bicyclic) bond motifs is 1. The van der Waals surface area contributed by atoms with Crippen LogP contribution in [0.2, 0.25) is 0 Å². The molecule has 4 rings (SSSR count). The summed E-state index contributed by atoms with van der Waals surface area (Å²) >= 11 is 0. The van der Waals surface area contributed by atoms with Gasteiger partial charge in [-0.25, -0.2) is 8.42 Å². The third kappa shape index (κ3) is 4.40. The molecule has 2 heterocycles. The van der Waals surface area contributed by atoms with E-state index in [-0.39, 0.29) is 29.8 Å². The van der Waals surface area contributed by atoms with Crippen LogP contribution < -0.4 is 20.1 Å². The van der Waals surface area contributed by atoms with Gasteiger partial charge in [-0.1, -0.05) is 18.2 Å². The van der Waals surface area contributed by atoms with Crippen LogP contribution in [0.15, 0.2) is 41.3 Å². The number of carbonyl (C=O) groups is 2. The number of methoxy groups -OCH3 is 1. The topological polar surface area (TPSA) is 114 Å². The second kappa shape index (κ2) is 9.03. The first-order valence-corrected chi connectivity index (χ1v) is 12.2. The maximum atomic E-state index is 13.6. The van der Waals surface area contributed by atoms with Crippen molar-refractivity contribution in [2.24, 2.45) is 0 Å². The summed E-state index contributed by atoms with van der Waals surface area (Å²) < 4.78 is 39.3. The molecule has 2 aliphatic rings. The van der Waals surface area contributed by atoms with Gasteiger partial charge in [-0.2, -0.15) is 4.31 Å². The second-order valence-corrected chi connectivity index (χ2v) is 10.0. The number of carbonyl (C=O) groups excluding carboxylic acids is 2. The molecule has 2 aliphatic heterocycles. The minimum atomic E-state index is -3.97. The first kappa shape index (κ1) is 23.1. The van der Waals surface area contributed by atoms with E-state index in [1.54, 1.807) is 33.1 Å². The van der Waals surface area contributed by atoms with E-state index < -0.39 is 22.2 Å². The summed E-state index contributed by atoms with van der Waals surface area (Å²) in [6.45, 7) is 3.73. The monoisotopic (exact) mass is 473 g/mol. The van der Waals surface area contributed by atoms with E-state index in [1.165, 1.54) is 10.4 Å². The number of sulfonamides is 1. The van der Waals surface area contributed by atoms with Crippen molar-refractivity contribution in [2.75, 3.05) is 19.0 Å². The molecule has 33 heavy (non-hydrogen) atoms. The van der Waals surface area contributed by atoms with Gasteiger partial charge in [0.2, 0.25) is 15.9 Å². The Morgan fingerprint density at radius 3 is 2.82 bits per heavy atom. The third-order valence-electron chi connectivity index (χ3n) is 5.95. The number of nitrogens with one attached hydrogen (secondary N) is 2. The van der Waals surface area contributed by atoms with Crippen LogP contribution in [0.4, 0.5) is 5.69 Å². The zero-order valence-corrected chi connectivity index (χ0v) is 19.6. The van der Waals surface area contributed by atoms with Gasteiger partial charge in [-0.05, 0) is 44.4 Å². The molecular weight excluding hydrogens is 446 g/mol. The van der Waals surface area contributed by atoms with Crippen molar-refractivity contribution in [3.8, 4) is 11.5 Å². The van der Waals surface area contributed by atoms with Crippen LogP contribution >= 0.6 is 0 Å². The molecule has 0 saturated carbocycles. The van der Waals surface area contributed by atoms with Crippen LogP contribution in [0.25, 0.3) is 0 Å². The number of anilines is 1. The molecule has 2 aromatic carbocycles. The van der Waals surface area contributed by atoms with Gasteiger partial charge < -0.3 is 20.1 Å². The number of hydrogen-bond donors (Lipinski definition) is 2. The fourth-order valence-electron chi connectivity index (χ4n) is 4.19. The van der Waals surface area contributed by atoms with Crippen molar-refractivity contribution in [1.82, 2.24) is 9.62 Å². The summed E-state index contributed by atoms with van der Waals surface area (Å²) in [5.74, 6) is 0.306. The molecule has 0 aromatic heterocycles. The first-order chi connectivity index (χ1) is 15.7. The lowest BCUT2D eigenvalue weighted by Gasteiger charge is -2.27. The number of nitrogens with zero attached hydrogens (tertiary/aromatic N) is 1. The molecule has 2 aromatic rings. The molecule has 2 amide bonds. The first-order valence-electron chi connectivity index (χ1n) is 10.8. The summed E-state index contributed by atoms with van der Waals surface area (Å²) in [4.78, 5) is 24.9. The van der Waals surface area contributed by atoms with Crippen LogP contribution in [0.5, 0.6) is 11.5 Å². The van der Waals surface area contributed by atoms with Crippen molar-refractivity contribution >= 4 is 27.5 Å². The molecule has 9 nitrogen and oxygen atoms in total. The maximum Gasteiger partial charge on any atom is 0.265 e. The Balaban J connectivity index is 1.56. The Labute approximate surface area is 193 Å². The third-order valence-corrected chi connectivity index (χ3v) is 8.00. The Morgan fingerprint density at radius 2 is 2.06 bits per heavy atom. The summed E-state index contributed by atoms with van der Waals surface area (Å²) in [7, 11) is -2.41. The molecule has 1 fully saturated rings. The molecule has 0 radical (unpaired) electrons. The van der Waals surface area contributed by atoms with Gasteiger partial charge in [-0.3, -0.25) is 9.59 Å². The number of amides is 2. The van der Waals surface area contributed by atoms with E-state index in [1.807, 2.05) is 18.2 Å². The lowest BCUT2D eigenvalue weighted by Crippen LogP contribution is -2.45. The van der Waals surface area contributed by atoms with Crippen LogP contribution in [0.1, 0.15) is 30.9 Å². The predicted molar refractivity (Wildman–Crippen MR) is 122 cm³/mol. The van der Waals surface area contributed by atoms with E-state index in [0.717, 1.165) is 5.56 Å². The van der Waals surface area contributed by atoms with Crippen molar-refractivity contribution in [1.29, 1.82) is 0 Å². The molecule has 0 bridgehead atoms. The molecule has 10 heteroatoms. The van der Waals surface area contributed by atoms with E-state index >= 15 is 0 Å². The van der Waals surface area contributed by atoms with Crippen molar-refractivity contribution < 1.29 is 27.5 Å². The number of hydrogen-bond acceptors (Lipinski definition) is 6. The van der Waals surface area contributed by atoms with Gasteiger partial charge in [0, 0.05) is 24.7 Å². The molecule has 0 unspecified atom stereocenters. The summed E-state index contributed by atoms with van der Waals surface area (Å²) in [6.07, 6.45) is 0.292. The van der Waals surface area contributed by atoms with Crippen molar-refractivity contribution in [2.45, 2.75) is 50.3 Å². The highest BCUT2D eigenvalue weighted by Crippen LogP contribution is 2.37. The van der Waals surface area contributed by atoms with Crippen LogP contribution in [-0.2, 0) is 26.2 Å². The lowest BCUT2D eigenvalue weighted by atomic mass is 10.1. The number of para-hydroxylation sites is 1. The Kier molecular flexibility index (Phi) is 6.31. The lowest BCUT2D eigenvalue weighted by molar-refractivity contribution is -0.124. The normalized spacial score (nSPS) is 20.5. The fraction of sp³-hybridized carbons (Fsp3) is 0.391. The molecule has 2 N–H and O–H groups in total. The number of rotatable bonds is 6. The smallest absolute Gasteiger partial charge is 0.265 e. The highest BCUT2D eigenvalue weighted by molar-refractivity contribution is 7.89. The molecule has 176 valence electrons. The molecule has 2 atom stereocenters. The van der Waals surface area contributed by atoms with E-state index in [4.69, 9.17) is 9.47 Å². The predicted octanol–water partition coefficient (Wildman–Crippen LogP) is 2.19. The Hall–Kier alpha value is -3.11. The van der Waals surface area contributed by atoms with Gasteiger partial charge in [0.15, 0.2) is 6.10 Å². The number of ether oxygens (including phenoxy) is 2. The SMILES string of the molecule is COc1ccccc1CNC(=O)[C@H]1CCCN1S(=O)(=O)c1cc2c(cc1C)NC(=O)[C@H](C)O2. The van der Waals surface area contributed by atoms with Crippen molar-refractivity contribution in [3.63, 3.8) is 0 Å². The minimum absolute atomic E-state index is 0.0639. The van der Waals surface area contributed by atoms with Gasteiger partial charge >= 0.3 is 0 Å². The summed E-state index contributed by atoms with van der Waals surface area (Å²) in [5.41, 5.74) is 1.70. The highest BCUT2D eigenvalue weighted by Gasteiger charge is 2.40. The Morgan fingerprint density at radius 1 is 1.30 bits per heavy atom. The maximum absolute atomic E-state index is 13.6. The zero-order valence-electron chi connectivity index (χ0n) is 18.8. The van der Waals surface area contributed by atoms with Gasteiger partial charge in [-0.15, -0.1) is 0 Å². The fourth-order valence-corrected chi connectivity index (χ4v) is 6.07. The average molecular weight is 474 g/mol. The highest BCUT2D eigenvalue weighted by atomic mass is 32.2.